The Labute approximate surface area is 113 Å². The summed E-state index contributed by atoms with van der Waals surface area (Å²) in [5.41, 5.74) is 1.02. The van der Waals surface area contributed by atoms with Gasteiger partial charge in [0.2, 0.25) is 5.95 Å². The largest absolute Gasteiger partial charge is 0.339 e. The van der Waals surface area contributed by atoms with Crippen LogP contribution >= 0.6 is 0 Å². The van der Waals surface area contributed by atoms with E-state index in [1.807, 2.05) is 35.0 Å². The zero-order chi connectivity index (χ0) is 12.9. The maximum atomic E-state index is 4.22. The first-order valence-electron chi connectivity index (χ1n) is 7.04. The summed E-state index contributed by atoms with van der Waals surface area (Å²) < 4.78 is 1.83. The Bertz CT molecular complexity index is 500. The fraction of sp³-hybridized carbons (Fsp3) is 0.500. The molecule has 5 nitrogen and oxygen atoms in total. The standard InChI is InChI=1S/C14H19N5/c1-2-7-11-18(12-8-3-1)14-15-16-17-19(14)13-9-5-4-6-10-13/h4-6,9-10H,1-3,7-8,11-12H2. The van der Waals surface area contributed by atoms with Crippen LogP contribution < -0.4 is 4.90 Å². The third kappa shape index (κ3) is 2.75. The zero-order valence-corrected chi connectivity index (χ0v) is 11.1. The van der Waals surface area contributed by atoms with E-state index in [2.05, 4.69) is 20.4 Å². The van der Waals surface area contributed by atoms with Gasteiger partial charge in [-0.2, -0.15) is 4.68 Å². The topological polar surface area (TPSA) is 46.8 Å². The maximum absolute atomic E-state index is 4.22. The van der Waals surface area contributed by atoms with Gasteiger partial charge in [0.05, 0.1) is 5.69 Å². The van der Waals surface area contributed by atoms with E-state index in [1.165, 1.54) is 32.1 Å². The van der Waals surface area contributed by atoms with Crippen molar-refractivity contribution >= 4 is 5.95 Å². The summed E-state index contributed by atoms with van der Waals surface area (Å²) in [6.07, 6.45) is 6.42. The molecule has 1 aliphatic rings. The van der Waals surface area contributed by atoms with Crippen LogP contribution in [0.1, 0.15) is 32.1 Å². The monoisotopic (exact) mass is 257 g/mol. The number of rotatable bonds is 2. The molecule has 100 valence electrons. The summed E-state index contributed by atoms with van der Waals surface area (Å²) in [7, 11) is 0. The van der Waals surface area contributed by atoms with Crippen molar-refractivity contribution in [2.75, 3.05) is 18.0 Å². The van der Waals surface area contributed by atoms with Gasteiger partial charge in [-0.3, -0.25) is 0 Å². The molecule has 0 bridgehead atoms. The van der Waals surface area contributed by atoms with E-state index in [0.29, 0.717) is 0 Å². The molecule has 0 atom stereocenters. The second kappa shape index (κ2) is 5.82. The third-order valence-corrected chi connectivity index (χ3v) is 3.59. The Morgan fingerprint density at radius 2 is 1.53 bits per heavy atom. The van der Waals surface area contributed by atoms with Crippen LogP contribution in [-0.2, 0) is 0 Å². The SMILES string of the molecule is c1ccc(-n2nnnc2N2CCCCCCC2)cc1. The van der Waals surface area contributed by atoms with Gasteiger partial charge in [0, 0.05) is 13.1 Å². The van der Waals surface area contributed by atoms with Gasteiger partial charge in [-0.15, -0.1) is 0 Å². The van der Waals surface area contributed by atoms with Crippen molar-refractivity contribution in [2.45, 2.75) is 32.1 Å². The molecule has 1 fully saturated rings. The third-order valence-electron chi connectivity index (χ3n) is 3.59. The van der Waals surface area contributed by atoms with Gasteiger partial charge in [-0.1, -0.05) is 42.6 Å². The number of para-hydroxylation sites is 1. The minimum Gasteiger partial charge on any atom is -0.339 e. The van der Waals surface area contributed by atoms with Crippen molar-refractivity contribution in [3.05, 3.63) is 30.3 Å². The molecule has 0 unspecified atom stereocenters. The molecular weight excluding hydrogens is 238 g/mol. The molecule has 0 saturated carbocycles. The highest BCUT2D eigenvalue weighted by molar-refractivity contribution is 5.40. The highest BCUT2D eigenvalue weighted by Crippen LogP contribution is 2.19. The van der Waals surface area contributed by atoms with Crippen LogP contribution in [0, 0.1) is 0 Å². The molecular formula is C14H19N5. The quantitative estimate of drug-likeness (QED) is 0.829. The number of benzene rings is 1. The van der Waals surface area contributed by atoms with Crippen LogP contribution in [0.3, 0.4) is 0 Å². The van der Waals surface area contributed by atoms with E-state index >= 15 is 0 Å². The molecule has 0 amide bonds. The Hall–Kier alpha value is -1.91. The Kier molecular flexibility index (Phi) is 3.72. The lowest BCUT2D eigenvalue weighted by Gasteiger charge is -2.24. The molecule has 2 heterocycles. The molecule has 2 aromatic rings. The maximum Gasteiger partial charge on any atom is 0.250 e. The van der Waals surface area contributed by atoms with E-state index in [9.17, 15) is 0 Å². The molecule has 0 aliphatic carbocycles. The average Bonchev–Trinajstić information content (AvgIpc) is 2.88. The Morgan fingerprint density at radius 3 is 2.26 bits per heavy atom. The van der Waals surface area contributed by atoms with Gasteiger partial charge in [0.1, 0.15) is 0 Å². The van der Waals surface area contributed by atoms with Gasteiger partial charge >= 0.3 is 0 Å². The molecule has 1 aliphatic heterocycles. The van der Waals surface area contributed by atoms with Crippen LogP contribution in [0.2, 0.25) is 0 Å². The van der Waals surface area contributed by atoms with Gasteiger partial charge in [-0.25, -0.2) is 0 Å². The summed E-state index contributed by atoms with van der Waals surface area (Å²) in [5, 5.41) is 12.2. The van der Waals surface area contributed by atoms with Crippen molar-refractivity contribution in [1.29, 1.82) is 0 Å². The Morgan fingerprint density at radius 1 is 0.842 bits per heavy atom. The minimum atomic E-state index is 0.869. The number of hydrogen-bond donors (Lipinski definition) is 0. The van der Waals surface area contributed by atoms with Crippen molar-refractivity contribution < 1.29 is 0 Å². The Balaban J connectivity index is 1.86. The smallest absolute Gasteiger partial charge is 0.250 e. The van der Waals surface area contributed by atoms with Crippen LogP contribution in [0.25, 0.3) is 5.69 Å². The van der Waals surface area contributed by atoms with Crippen molar-refractivity contribution in [1.82, 2.24) is 20.2 Å². The highest BCUT2D eigenvalue weighted by Gasteiger charge is 2.16. The van der Waals surface area contributed by atoms with Crippen molar-refractivity contribution in [2.24, 2.45) is 0 Å². The lowest BCUT2D eigenvalue weighted by Crippen LogP contribution is -2.29. The number of aromatic nitrogens is 4. The first-order valence-corrected chi connectivity index (χ1v) is 7.04. The average molecular weight is 257 g/mol. The van der Waals surface area contributed by atoms with E-state index in [0.717, 1.165) is 24.7 Å². The number of nitrogens with zero attached hydrogens (tertiary/aromatic N) is 5. The lowest BCUT2D eigenvalue weighted by molar-refractivity contribution is 0.547. The molecule has 1 saturated heterocycles. The zero-order valence-electron chi connectivity index (χ0n) is 11.1. The van der Waals surface area contributed by atoms with E-state index in [-0.39, 0.29) is 0 Å². The second-order valence-corrected chi connectivity index (χ2v) is 4.98. The fourth-order valence-electron chi connectivity index (χ4n) is 2.56. The summed E-state index contributed by atoms with van der Waals surface area (Å²) in [6.45, 7) is 2.10. The number of anilines is 1. The molecule has 19 heavy (non-hydrogen) atoms. The summed E-state index contributed by atoms with van der Waals surface area (Å²) in [4.78, 5) is 2.31. The van der Waals surface area contributed by atoms with Crippen LogP contribution in [-0.4, -0.2) is 33.3 Å². The highest BCUT2D eigenvalue weighted by atomic mass is 15.6. The summed E-state index contributed by atoms with van der Waals surface area (Å²) in [6, 6.07) is 10.1. The predicted molar refractivity (Wildman–Crippen MR) is 74.5 cm³/mol. The van der Waals surface area contributed by atoms with E-state index in [4.69, 9.17) is 0 Å². The minimum absolute atomic E-state index is 0.869. The predicted octanol–water partition coefficient (Wildman–Crippen LogP) is 2.43. The first kappa shape index (κ1) is 12.1. The number of hydrogen-bond acceptors (Lipinski definition) is 4. The summed E-state index contributed by atoms with van der Waals surface area (Å²) in [5.74, 6) is 0.869. The number of tetrazole rings is 1. The van der Waals surface area contributed by atoms with Crippen LogP contribution in [0.4, 0.5) is 5.95 Å². The molecule has 5 heteroatoms. The molecule has 0 N–H and O–H groups in total. The van der Waals surface area contributed by atoms with Gasteiger partial charge in [0.25, 0.3) is 0 Å². The molecule has 1 aromatic carbocycles. The first-order chi connectivity index (χ1) is 9.45. The van der Waals surface area contributed by atoms with Crippen LogP contribution in [0.5, 0.6) is 0 Å². The fourth-order valence-corrected chi connectivity index (χ4v) is 2.56. The molecule has 3 rings (SSSR count). The van der Waals surface area contributed by atoms with Crippen LogP contribution in [0.15, 0.2) is 30.3 Å². The van der Waals surface area contributed by atoms with Gasteiger partial charge in [-0.05, 0) is 35.4 Å². The molecule has 0 spiro atoms. The second-order valence-electron chi connectivity index (χ2n) is 4.98. The van der Waals surface area contributed by atoms with Crippen molar-refractivity contribution in [3.63, 3.8) is 0 Å². The van der Waals surface area contributed by atoms with Gasteiger partial charge in [0.15, 0.2) is 0 Å². The molecule has 1 aromatic heterocycles. The van der Waals surface area contributed by atoms with E-state index in [1.54, 1.807) is 0 Å². The molecule has 0 radical (unpaired) electrons. The van der Waals surface area contributed by atoms with Gasteiger partial charge < -0.3 is 4.90 Å². The normalized spacial score (nSPS) is 16.9. The summed E-state index contributed by atoms with van der Waals surface area (Å²) >= 11 is 0. The lowest BCUT2D eigenvalue weighted by atomic mass is 10.1. The van der Waals surface area contributed by atoms with E-state index < -0.39 is 0 Å². The van der Waals surface area contributed by atoms with Crippen molar-refractivity contribution in [3.8, 4) is 5.69 Å².